The van der Waals surface area contributed by atoms with Gasteiger partial charge in [-0.2, -0.15) is 0 Å². The van der Waals surface area contributed by atoms with E-state index < -0.39 is 0 Å². The van der Waals surface area contributed by atoms with Gasteiger partial charge in [-0.3, -0.25) is 9.59 Å². The van der Waals surface area contributed by atoms with Crippen molar-refractivity contribution in [3.05, 3.63) is 80.8 Å². The number of thiazole rings is 1. The third-order valence-electron chi connectivity index (χ3n) is 7.17. The van der Waals surface area contributed by atoms with Crippen LogP contribution in [0.3, 0.4) is 0 Å². The van der Waals surface area contributed by atoms with Crippen LogP contribution in [0.25, 0.3) is 0 Å². The SMILES string of the molecule is Cc1ccc([C@H]2c3cc(OCc4nc(C(=O)N5CCCC5)cs4)ccc3CCN2C(=O)CC(C)C)cc1. The molecule has 2 aliphatic rings. The Balaban J connectivity index is 1.37. The van der Waals surface area contributed by atoms with Crippen LogP contribution in [0, 0.1) is 12.8 Å². The van der Waals surface area contributed by atoms with Crippen LogP contribution in [0.1, 0.15) is 76.9 Å². The molecule has 1 fully saturated rings. The summed E-state index contributed by atoms with van der Waals surface area (Å²) in [6.45, 7) is 8.91. The molecule has 2 aromatic carbocycles. The summed E-state index contributed by atoms with van der Waals surface area (Å²) in [6.07, 6.45) is 3.50. The van der Waals surface area contributed by atoms with Gasteiger partial charge < -0.3 is 14.5 Å². The average Bonchev–Trinajstić information content (AvgIpc) is 3.59. The second-order valence-electron chi connectivity index (χ2n) is 10.5. The number of amides is 2. The lowest BCUT2D eigenvalue weighted by Gasteiger charge is -2.38. The summed E-state index contributed by atoms with van der Waals surface area (Å²) in [5.41, 5.74) is 5.19. The van der Waals surface area contributed by atoms with Crippen molar-refractivity contribution < 1.29 is 14.3 Å². The maximum atomic E-state index is 13.3. The molecule has 37 heavy (non-hydrogen) atoms. The molecule has 3 aromatic rings. The summed E-state index contributed by atoms with van der Waals surface area (Å²) in [5, 5.41) is 2.61. The van der Waals surface area contributed by atoms with Gasteiger partial charge in [-0.25, -0.2) is 4.98 Å². The first-order valence-corrected chi connectivity index (χ1v) is 14.1. The molecule has 1 saturated heterocycles. The molecule has 0 radical (unpaired) electrons. The molecule has 0 unspecified atom stereocenters. The van der Waals surface area contributed by atoms with Crippen molar-refractivity contribution in [2.24, 2.45) is 5.92 Å². The highest BCUT2D eigenvalue weighted by Crippen LogP contribution is 2.38. The Morgan fingerprint density at radius 3 is 2.57 bits per heavy atom. The quantitative estimate of drug-likeness (QED) is 0.398. The van der Waals surface area contributed by atoms with E-state index in [1.54, 1.807) is 0 Å². The summed E-state index contributed by atoms with van der Waals surface area (Å²) in [6, 6.07) is 14.6. The Morgan fingerprint density at radius 2 is 1.84 bits per heavy atom. The van der Waals surface area contributed by atoms with Crippen molar-refractivity contribution in [2.75, 3.05) is 19.6 Å². The largest absolute Gasteiger partial charge is 0.486 e. The molecule has 0 spiro atoms. The molecule has 1 atom stereocenters. The summed E-state index contributed by atoms with van der Waals surface area (Å²) < 4.78 is 6.16. The van der Waals surface area contributed by atoms with E-state index in [1.807, 2.05) is 21.2 Å². The third-order valence-corrected chi connectivity index (χ3v) is 7.99. The number of benzene rings is 2. The fourth-order valence-corrected chi connectivity index (χ4v) is 5.91. The topological polar surface area (TPSA) is 62.7 Å². The van der Waals surface area contributed by atoms with E-state index in [2.05, 4.69) is 62.2 Å². The third kappa shape index (κ3) is 5.72. The summed E-state index contributed by atoms with van der Waals surface area (Å²) in [4.78, 5) is 34.4. The second-order valence-corrected chi connectivity index (χ2v) is 11.5. The number of fused-ring (bicyclic) bond motifs is 1. The smallest absolute Gasteiger partial charge is 0.273 e. The summed E-state index contributed by atoms with van der Waals surface area (Å²) >= 11 is 1.46. The summed E-state index contributed by atoms with van der Waals surface area (Å²) in [7, 11) is 0. The van der Waals surface area contributed by atoms with E-state index in [1.165, 1.54) is 22.5 Å². The highest BCUT2D eigenvalue weighted by atomic mass is 32.1. The van der Waals surface area contributed by atoms with E-state index in [4.69, 9.17) is 4.74 Å². The number of carbonyl (C=O) groups excluding carboxylic acids is 2. The molecule has 5 rings (SSSR count). The van der Waals surface area contributed by atoms with Crippen molar-refractivity contribution in [3.8, 4) is 5.75 Å². The van der Waals surface area contributed by atoms with E-state index in [9.17, 15) is 9.59 Å². The Labute approximate surface area is 223 Å². The van der Waals surface area contributed by atoms with Crippen LogP contribution in [0.15, 0.2) is 47.8 Å². The van der Waals surface area contributed by atoms with Crippen LogP contribution in [0.2, 0.25) is 0 Å². The van der Waals surface area contributed by atoms with E-state index in [-0.39, 0.29) is 17.9 Å². The highest BCUT2D eigenvalue weighted by Gasteiger charge is 2.32. The van der Waals surface area contributed by atoms with Gasteiger partial charge in [0.25, 0.3) is 5.91 Å². The molecule has 6 nitrogen and oxygen atoms in total. The van der Waals surface area contributed by atoms with Gasteiger partial charge in [0.05, 0.1) is 6.04 Å². The number of hydrogen-bond donors (Lipinski definition) is 0. The van der Waals surface area contributed by atoms with Crippen molar-refractivity contribution in [2.45, 2.75) is 59.1 Å². The Kier molecular flexibility index (Phi) is 7.60. The van der Waals surface area contributed by atoms with Gasteiger partial charge in [0.1, 0.15) is 23.1 Å². The first kappa shape index (κ1) is 25.5. The molecule has 0 bridgehead atoms. The van der Waals surface area contributed by atoms with Crippen molar-refractivity contribution >= 4 is 23.2 Å². The average molecular weight is 518 g/mol. The van der Waals surface area contributed by atoms with Crippen molar-refractivity contribution in [3.63, 3.8) is 0 Å². The Bertz CT molecular complexity index is 1260. The maximum absolute atomic E-state index is 13.3. The zero-order valence-electron chi connectivity index (χ0n) is 21.9. The minimum absolute atomic E-state index is 0.0147. The van der Waals surface area contributed by atoms with E-state index in [0.717, 1.165) is 54.2 Å². The van der Waals surface area contributed by atoms with Gasteiger partial charge in [0.15, 0.2) is 0 Å². The highest BCUT2D eigenvalue weighted by molar-refractivity contribution is 7.09. The maximum Gasteiger partial charge on any atom is 0.273 e. The van der Waals surface area contributed by atoms with Gasteiger partial charge >= 0.3 is 0 Å². The fraction of sp³-hybridized carbons (Fsp3) is 0.433. The zero-order chi connectivity index (χ0) is 25.9. The van der Waals surface area contributed by atoms with Crippen LogP contribution in [0.4, 0.5) is 0 Å². The normalized spacial score (nSPS) is 17.2. The van der Waals surface area contributed by atoms with Crippen LogP contribution < -0.4 is 4.74 Å². The van der Waals surface area contributed by atoms with Gasteiger partial charge in [-0.15, -0.1) is 11.3 Å². The zero-order valence-corrected chi connectivity index (χ0v) is 22.7. The lowest BCUT2D eigenvalue weighted by Crippen LogP contribution is -2.41. The molecule has 1 aromatic heterocycles. The van der Waals surface area contributed by atoms with Crippen molar-refractivity contribution in [1.82, 2.24) is 14.8 Å². The molecule has 3 heterocycles. The number of nitrogens with zero attached hydrogens (tertiary/aromatic N) is 3. The second kappa shape index (κ2) is 11.1. The predicted molar refractivity (Wildman–Crippen MR) is 146 cm³/mol. The molecule has 2 aliphatic heterocycles. The molecule has 0 aliphatic carbocycles. The molecule has 194 valence electrons. The van der Waals surface area contributed by atoms with Gasteiger partial charge in [0, 0.05) is 31.4 Å². The Morgan fingerprint density at radius 1 is 1.08 bits per heavy atom. The standard InChI is InChI=1S/C30H35N3O3S/c1-20(2)16-28(34)33-15-12-22-10-11-24(17-25(22)29(33)23-8-6-21(3)7-9-23)36-18-27-31-26(19-37-27)30(35)32-13-4-5-14-32/h6-11,17,19-20,29H,4-5,12-16,18H2,1-3H3/t29-/m0/s1. The molecular weight excluding hydrogens is 482 g/mol. The molecule has 7 heteroatoms. The van der Waals surface area contributed by atoms with Crippen LogP contribution >= 0.6 is 11.3 Å². The number of aromatic nitrogens is 1. The molecule has 2 amide bonds. The Hall–Kier alpha value is -3.19. The predicted octanol–water partition coefficient (Wildman–Crippen LogP) is 5.79. The number of hydrogen-bond acceptors (Lipinski definition) is 5. The first-order chi connectivity index (χ1) is 17.9. The van der Waals surface area contributed by atoms with Crippen LogP contribution in [-0.2, 0) is 17.8 Å². The van der Waals surface area contributed by atoms with Crippen LogP contribution in [-0.4, -0.2) is 46.2 Å². The number of carbonyl (C=O) groups is 2. The van der Waals surface area contributed by atoms with Gasteiger partial charge in [-0.05, 0) is 60.9 Å². The summed E-state index contributed by atoms with van der Waals surface area (Å²) in [5.74, 6) is 1.26. The number of aryl methyl sites for hydroxylation is 1. The molecule has 0 N–H and O–H groups in total. The van der Waals surface area contributed by atoms with Crippen molar-refractivity contribution in [1.29, 1.82) is 0 Å². The van der Waals surface area contributed by atoms with Crippen LogP contribution in [0.5, 0.6) is 5.75 Å². The lowest BCUT2D eigenvalue weighted by atomic mass is 9.87. The fourth-order valence-electron chi connectivity index (χ4n) is 5.23. The number of rotatable bonds is 7. The van der Waals surface area contributed by atoms with Gasteiger partial charge in [-0.1, -0.05) is 49.7 Å². The number of ether oxygens (including phenoxy) is 1. The minimum Gasteiger partial charge on any atom is -0.486 e. The number of likely N-dealkylation sites (tertiary alicyclic amines) is 1. The van der Waals surface area contributed by atoms with Gasteiger partial charge in [0.2, 0.25) is 5.91 Å². The van der Waals surface area contributed by atoms with E-state index >= 15 is 0 Å². The first-order valence-electron chi connectivity index (χ1n) is 13.2. The monoisotopic (exact) mass is 517 g/mol. The molecular formula is C30H35N3O3S. The van der Waals surface area contributed by atoms with E-state index in [0.29, 0.717) is 31.2 Å². The minimum atomic E-state index is -0.135. The lowest BCUT2D eigenvalue weighted by molar-refractivity contribution is -0.134. The molecule has 0 saturated carbocycles.